The van der Waals surface area contributed by atoms with Crippen LogP contribution in [-0.2, 0) is 10.2 Å². The van der Waals surface area contributed by atoms with Crippen LogP contribution in [0.25, 0.3) is 0 Å². The molecule has 106 valence electrons. The molecule has 5 nitrogen and oxygen atoms in total. The number of nitrogens with two attached hydrogens (primary N) is 1. The first-order valence-corrected chi connectivity index (χ1v) is 7.65. The van der Waals surface area contributed by atoms with E-state index in [1.54, 1.807) is 0 Å². The van der Waals surface area contributed by atoms with E-state index in [2.05, 4.69) is 11.6 Å². The van der Waals surface area contributed by atoms with E-state index in [4.69, 9.17) is 5.73 Å². The molecule has 2 rings (SSSR count). The highest BCUT2D eigenvalue weighted by atomic mass is 32.2. The zero-order valence-electron chi connectivity index (χ0n) is 10.8. The molecule has 0 atom stereocenters. The average molecular weight is 287 g/mol. The van der Waals surface area contributed by atoms with E-state index in [1.807, 2.05) is 0 Å². The van der Waals surface area contributed by atoms with Gasteiger partial charge in [-0.25, -0.2) is 4.39 Å². The normalized spacial score (nSPS) is 18.4. The van der Waals surface area contributed by atoms with Crippen molar-refractivity contribution in [3.05, 3.63) is 24.0 Å². The van der Waals surface area contributed by atoms with Crippen molar-refractivity contribution in [2.75, 3.05) is 23.5 Å². The van der Waals surface area contributed by atoms with E-state index < -0.39 is 16.0 Å². The van der Waals surface area contributed by atoms with Gasteiger partial charge in [-0.1, -0.05) is 6.92 Å². The van der Waals surface area contributed by atoms with Crippen LogP contribution in [-0.4, -0.2) is 25.8 Å². The van der Waals surface area contributed by atoms with Crippen LogP contribution >= 0.6 is 0 Å². The van der Waals surface area contributed by atoms with Crippen molar-refractivity contribution in [1.29, 1.82) is 0 Å². The lowest BCUT2D eigenvalue weighted by molar-refractivity contribution is 0.289. The molecular weight excluding hydrogens is 269 g/mol. The quantitative estimate of drug-likeness (QED) is 0.832. The van der Waals surface area contributed by atoms with Gasteiger partial charge in [0, 0.05) is 19.2 Å². The van der Waals surface area contributed by atoms with Gasteiger partial charge in [-0.2, -0.15) is 12.7 Å². The molecule has 0 aromatic heterocycles. The number of hydrogen-bond acceptors (Lipinski definition) is 3. The van der Waals surface area contributed by atoms with Crippen molar-refractivity contribution in [3.8, 4) is 0 Å². The van der Waals surface area contributed by atoms with Crippen LogP contribution in [0.4, 0.5) is 15.8 Å². The average Bonchev–Trinajstić information content (AvgIpc) is 2.34. The van der Waals surface area contributed by atoms with Crippen LogP contribution in [0.1, 0.15) is 19.8 Å². The third-order valence-corrected chi connectivity index (χ3v) is 4.87. The summed E-state index contributed by atoms with van der Waals surface area (Å²) in [6.07, 6.45) is 1.69. The molecule has 1 aromatic carbocycles. The van der Waals surface area contributed by atoms with Gasteiger partial charge in [0.1, 0.15) is 5.82 Å². The van der Waals surface area contributed by atoms with Crippen LogP contribution in [0.15, 0.2) is 18.2 Å². The first-order chi connectivity index (χ1) is 8.88. The number of nitrogen functional groups attached to an aromatic ring is 1. The SMILES string of the molecule is CC1CCN(S(=O)(=O)Nc2ccc(N)c(F)c2)CC1. The fourth-order valence-electron chi connectivity index (χ4n) is 2.03. The smallest absolute Gasteiger partial charge is 0.301 e. The van der Waals surface area contributed by atoms with Crippen molar-refractivity contribution in [1.82, 2.24) is 4.31 Å². The maximum Gasteiger partial charge on any atom is 0.301 e. The first kappa shape index (κ1) is 14.1. The zero-order valence-corrected chi connectivity index (χ0v) is 11.6. The summed E-state index contributed by atoms with van der Waals surface area (Å²) < 4.78 is 41.3. The number of rotatable bonds is 3. The number of nitrogens with one attached hydrogen (secondary N) is 1. The Morgan fingerprint density at radius 2 is 2.00 bits per heavy atom. The molecule has 7 heteroatoms. The Hall–Kier alpha value is -1.34. The number of piperidine rings is 1. The molecule has 1 saturated heterocycles. The molecule has 1 aromatic rings. The van der Waals surface area contributed by atoms with Gasteiger partial charge in [0.15, 0.2) is 0 Å². The summed E-state index contributed by atoms with van der Waals surface area (Å²) >= 11 is 0. The summed E-state index contributed by atoms with van der Waals surface area (Å²) in [5, 5.41) is 0. The van der Waals surface area contributed by atoms with Gasteiger partial charge in [-0.05, 0) is 30.9 Å². The van der Waals surface area contributed by atoms with E-state index in [0.717, 1.165) is 18.9 Å². The summed E-state index contributed by atoms with van der Waals surface area (Å²) in [7, 11) is -3.61. The molecule has 0 aliphatic carbocycles. The van der Waals surface area contributed by atoms with Crippen LogP contribution < -0.4 is 10.5 Å². The Morgan fingerprint density at radius 3 is 2.58 bits per heavy atom. The molecule has 1 heterocycles. The maximum absolute atomic E-state index is 13.3. The van der Waals surface area contributed by atoms with Gasteiger partial charge < -0.3 is 5.73 Å². The molecule has 0 unspecified atom stereocenters. The molecule has 0 spiro atoms. The molecule has 0 amide bonds. The van der Waals surface area contributed by atoms with Gasteiger partial charge in [-0.15, -0.1) is 0 Å². The minimum atomic E-state index is -3.61. The van der Waals surface area contributed by atoms with Crippen molar-refractivity contribution in [3.63, 3.8) is 0 Å². The monoisotopic (exact) mass is 287 g/mol. The van der Waals surface area contributed by atoms with Gasteiger partial charge in [0.05, 0.1) is 11.4 Å². The highest BCUT2D eigenvalue weighted by Crippen LogP contribution is 2.21. The molecule has 0 bridgehead atoms. The highest BCUT2D eigenvalue weighted by Gasteiger charge is 2.26. The number of halogens is 1. The second kappa shape index (κ2) is 5.34. The Labute approximate surface area is 112 Å². The molecular formula is C12H18FN3O2S. The van der Waals surface area contributed by atoms with Crippen molar-refractivity contribution in [2.45, 2.75) is 19.8 Å². The first-order valence-electron chi connectivity index (χ1n) is 6.21. The Morgan fingerprint density at radius 1 is 1.37 bits per heavy atom. The van der Waals surface area contributed by atoms with E-state index in [0.29, 0.717) is 19.0 Å². The minimum absolute atomic E-state index is 0.00487. The fourth-order valence-corrected chi connectivity index (χ4v) is 3.27. The second-order valence-electron chi connectivity index (χ2n) is 4.92. The van der Waals surface area contributed by atoms with Gasteiger partial charge in [-0.3, -0.25) is 4.72 Å². The Kier molecular flexibility index (Phi) is 3.96. The number of hydrogen-bond donors (Lipinski definition) is 2. The second-order valence-corrected chi connectivity index (χ2v) is 6.60. The van der Waals surface area contributed by atoms with Crippen molar-refractivity contribution in [2.24, 2.45) is 5.92 Å². The van der Waals surface area contributed by atoms with E-state index in [-0.39, 0.29) is 11.4 Å². The summed E-state index contributed by atoms with van der Waals surface area (Å²) in [5.41, 5.74) is 5.53. The van der Waals surface area contributed by atoms with E-state index >= 15 is 0 Å². The largest absolute Gasteiger partial charge is 0.396 e. The number of anilines is 2. The zero-order chi connectivity index (χ0) is 14.0. The number of benzene rings is 1. The summed E-state index contributed by atoms with van der Waals surface area (Å²) in [5.74, 6) is -0.0899. The van der Waals surface area contributed by atoms with Crippen molar-refractivity contribution < 1.29 is 12.8 Å². The molecule has 1 aliphatic rings. The van der Waals surface area contributed by atoms with Gasteiger partial charge in [0.25, 0.3) is 0 Å². The van der Waals surface area contributed by atoms with Gasteiger partial charge >= 0.3 is 10.2 Å². The predicted octanol–water partition coefficient (Wildman–Crippen LogP) is 1.80. The third-order valence-electron chi connectivity index (χ3n) is 3.33. The molecule has 1 fully saturated rings. The lowest BCUT2D eigenvalue weighted by atomic mass is 10.0. The van der Waals surface area contributed by atoms with E-state index in [9.17, 15) is 12.8 Å². The predicted molar refractivity (Wildman–Crippen MR) is 73.3 cm³/mol. The fraction of sp³-hybridized carbons (Fsp3) is 0.500. The van der Waals surface area contributed by atoms with Crippen LogP contribution in [0.2, 0.25) is 0 Å². The standard InChI is InChI=1S/C12H18FN3O2S/c1-9-4-6-16(7-5-9)19(17,18)15-10-2-3-12(14)11(13)8-10/h2-3,8-9,15H,4-7,14H2,1H3. The van der Waals surface area contributed by atoms with Crippen molar-refractivity contribution >= 4 is 21.6 Å². The minimum Gasteiger partial charge on any atom is -0.396 e. The Bertz CT molecular complexity index is 554. The highest BCUT2D eigenvalue weighted by molar-refractivity contribution is 7.90. The van der Waals surface area contributed by atoms with E-state index in [1.165, 1.54) is 16.4 Å². The summed E-state index contributed by atoms with van der Waals surface area (Å²) in [6, 6.07) is 3.87. The number of nitrogens with zero attached hydrogens (tertiary/aromatic N) is 1. The Balaban J connectivity index is 2.10. The lowest BCUT2D eigenvalue weighted by Gasteiger charge is -2.29. The summed E-state index contributed by atoms with van der Waals surface area (Å²) in [4.78, 5) is 0. The van der Waals surface area contributed by atoms with Crippen LogP contribution in [0, 0.1) is 11.7 Å². The topological polar surface area (TPSA) is 75.4 Å². The summed E-state index contributed by atoms with van der Waals surface area (Å²) in [6.45, 7) is 3.09. The van der Waals surface area contributed by atoms with Crippen LogP contribution in [0.3, 0.4) is 0 Å². The molecule has 3 N–H and O–H groups in total. The molecule has 0 radical (unpaired) electrons. The lowest BCUT2D eigenvalue weighted by Crippen LogP contribution is -2.41. The maximum atomic E-state index is 13.3. The molecule has 0 saturated carbocycles. The third kappa shape index (κ3) is 3.36. The van der Waals surface area contributed by atoms with Gasteiger partial charge in [0.2, 0.25) is 0 Å². The molecule has 19 heavy (non-hydrogen) atoms. The molecule has 1 aliphatic heterocycles. The van der Waals surface area contributed by atoms with Crippen LogP contribution in [0.5, 0.6) is 0 Å².